The molecular weight excluding hydrogens is 418 g/mol. The van der Waals surface area contributed by atoms with Gasteiger partial charge in [-0.1, -0.05) is 75.4 Å². The van der Waals surface area contributed by atoms with Crippen LogP contribution in [-0.2, 0) is 12.8 Å². The Balaban J connectivity index is 1.71. The first kappa shape index (κ1) is 23.2. The summed E-state index contributed by atoms with van der Waals surface area (Å²) in [5.74, 6) is 1.14. The summed E-state index contributed by atoms with van der Waals surface area (Å²) in [6.07, 6.45) is 1.21. The second kappa shape index (κ2) is 9.89. The van der Waals surface area contributed by atoms with Crippen LogP contribution in [0.5, 0.6) is 0 Å². The van der Waals surface area contributed by atoms with Crippen molar-refractivity contribution in [2.75, 3.05) is 0 Å². The van der Waals surface area contributed by atoms with Crippen molar-refractivity contribution in [3.63, 3.8) is 0 Å². The Morgan fingerprint density at radius 1 is 0.971 bits per heavy atom. The SMILES string of the molecule is CCc1nc(C)n(-c2ccc(C(C)C)cc2)c(=O)c1Cc1ccc(-c2ccccc2C#N)cc1. The van der Waals surface area contributed by atoms with Crippen LogP contribution in [0.2, 0.25) is 0 Å². The molecule has 0 spiro atoms. The normalized spacial score (nSPS) is 10.9. The first-order valence-corrected chi connectivity index (χ1v) is 11.7. The first-order valence-electron chi connectivity index (χ1n) is 11.7. The molecule has 4 heteroatoms. The minimum absolute atomic E-state index is 0.0134. The number of nitrogens with zero attached hydrogens (tertiary/aromatic N) is 3. The number of aromatic nitrogens is 2. The van der Waals surface area contributed by atoms with Gasteiger partial charge in [0.15, 0.2) is 0 Å². The van der Waals surface area contributed by atoms with Crippen molar-refractivity contribution >= 4 is 0 Å². The fraction of sp³-hybridized carbons (Fsp3) is 0.233. The summed E-state index contributed by atoms with van der Waals surface area (Å²) < 4.78 is 1.72. The Hall–Kier alpha value is -3.97. The van der Waals surface area contributed by atoms with Crippen LogP contribution in [0.4, 0.5) is 0 Å². The molecule has 170 valence electrons. The minimum atomic E-state index is -0.0134. The average Bonchev–Trinajstić information content (AvgIpc) is 2.86. The molecule has 4 nitrogen and oxygen atoms in total. The third-order valence-electron chi connectivity index (χ3n) is 6.28. The van der Waals surface area contributed by atoms with Crippen LogP contribution >= 0.6 is 0 Å². The largest absolute Gasteiger partial charge is 0.269 e. The smallest absolute Gasteiger partial charge is 0.261 e. The zero-order valence-electron chi connectivity index (χ0n) is 20.2. The molecule has 0 aliphatic heterocycles. The lowest BCUT2D eigenvalue weighted by Gasteiger charge is -2.16. The minimum Gasteiger partial charge on any atom is -0.269 e. The van der Waals surface area contributed by atoms with Crippen LogP contribution in [0.1, 0.15) is 60.5 Å². The topological polar surface area (TPSA) is 58.7 Å². The molecule has 0 N–H and O–H groups in total. The highest BCUT2D eigenvalue weighted by Crippen LogP contribution is 2.24. The molecule has 0 aliphatic carbocycles. The summed E-state index contributed by atoms with van der Waals surface area (Å²) in [7, 11) is 0. The number of benzene rings is 3. The van der Waals surface area contributed by atoms with Crippen molar-refractivity contribution in [2.45, 2.75) is 46.5 Å². The Bertz CT molecular complexity index is 1410. The van der Waals surface area contributed by atoms with Gasteiger partial charge in [-0.2, -0.15) is 5.26 Å². The molecule has 1 aromatic heterocycles. The number of hydrogen-bond acceptors (Lipinski definition) is 3. The summed E-state index contributed by atoms with van der Waals surface area (Å²) in [5, 5.41) is 9.41. The second-order valence-electron chi connectivity index (χ2n) is 8.86. The van der Waals surface area contributed by atoms with Gasteiger partial charge < -0.3 is 0 Å². The van der Waals surface area contributed by atoms with Crippen molar-refractivity contribution in [1.29, 1.82) is 5.26 Å². The molecule has 0 saturated carbocycles. The highest BCUT2D eigenvalue weighted by atomic mass is 16.1. The lowest BCUT2D eigenvalue weighted by atomic mass is 9.97. The summed E-state index contributed by atoms with van der Waals surface area (Å²) in [5.41, 5.74) is 7.23. The Morgan fingerprint density at radius 2 is 1.65 bits per heavy atom. The summed E-state index contributed by atoms with van der Waals surface area (Å²) in [6.45, 7) is 8.25. The van der Waals surface area contributed by atoms with E-state index in [1.165, 1.54) is 5.56 Å². The lowest BCUT2D eigenvalue weighted by molar-refractivity contribution is 0.801. The molecule has 0 atom stereocenters. The molecule has 3 aromatic carbocycles. The Labute approximate surface area is 201 Å². The van der Waals surface area contributed by atoms with E-state index in [0.29, 0.717) is 30.1 Å². The molecule has 0 bridgehead atoms. The monoisotopic (exact) mass is 447 g/mol. The van der Waals surface area contributed by atoms with Gasteiger partial charge in [0.1, 0.15) is 5.82 Å². The van der Waals surface area contributed by atoms with E-state index in [-0.39, 0.29) is 5.56 Å². The zero-order chi connectivity index (χ0) is 24.2. The molecular formula is C30H29N3O. The standard InChI is InChI=1S/C30H29N3O/c1-5-29-28(18-22-10-12-24(13-11-22)27-9-7-6-8-25(27)19-31)30(34)33(21(4)32-29)26-16-14-23(15-17-26)20(2)3/h6-17,20H,5,18H2,1-4H3. The predicted molar refractivity (Wildman–Crippen MR) is 137 cm³/mol. The fourth-order valence-corrected chi connectivity index (χ4v) is 4.34. The predicted octanol–water partition coefficient (Wildman–Crippen LogP) is 6.36. The number of hydrogen-bond donors (Lipinski definition) is 0. The molecule has 0 amide bonds. The molecule has 0 aliphatic rings. The van der Waals surface area contributed by atoms with E-state index >= 15 is 0 Å². The van der Waals surface area contributed by atoms with E-state index in [1.807, 2.05) is 74.5 Å². The quantitative estimate of drug-likeness (QED) is 0.346. The van der Waals surface area contributed by atoms with Crippen LogP contribution in [0.3, 0.4) is 0 Å². The molecule has 0 unspecified atom stereocenters. The summed E-state index contributed by atoms with van der Waals surface area (Å²) >= 11 is 0. The van der Waals surface area contributed by atoms with E-state index in [0.717, 1.165) is 33.6 Å². The molecule has 0 saturated heterocycles. The summed E-state index contributed by atoms with van der Waals surface area (Å²) in [6, 6.07) is 26.1. The van der Waals surface area contributed by atoms with Gasteiger partial charge in [0, 0.05) is 12.0 Å². The second-order valence-corrected chi connectivity index (χ2v) is 8.86. The number of aryl methyl sites for hydroxylation is 2. The fourth-order valence-electron chi connectivity index (χ4n) is 4.34. The van der Waals surface area contributed by atoms with E-state index in [1.54, 1.807) is 4.57 Å². The van der Waals surface area contributed by atoms with Crippen molar-refractivity contribution in [3.8, 4) is 22.9 Å². The maximum atomic E-state index is 13.7. The van der Waals surface area contributed by atoms with Gasteiger partial charge in [-0.05, 0) is 59.7 Å². The molecule has 0 radical (unpaired) electrons. The molecule has 0 fully saturated rings. The van der Waals surface area contributed by atoms with Gasteiger partial charge >= 0.3 is 0 Å². The lowest BCUT2D eigenvalue weighted by Crippen LogP contribution is -2.28. The van der Waals surface area contributed by atoms with Gasteiger partial charge in [-0.25, -0.2) is 4.98 Å². The van der Waals surface area contributed by atoms with Gasteiger partial charge in [0.05, 0.1) is 23.0 Å². The van der Waals surface area contributed by atoms with Crippen LogP contribution < -0.4 is 5.56 Å². The van der Waals surface area contributed by atoms with Crippen molar-refractivity contribution in [3.05, 3.63) is 117 Å². The van der Waals surface area contributed by atoms with Gasteiger partial charge in [0.25, 0.3) is 5.56 Å². The van der Waals surface area contributed by atoms with E-state index in [4.69, 9.17) is 4.98 Å². The van der Waals surface area contributed by atoms with Crippen LogP contribution in [0.25, 0.3) is 16.8 Å². The zero-order valence-corrected chi connectivity index (χ0v) is 20.2. The highest BCUT2D eigenvalue weighted by molar-refractivity contribution is 5.70. The Morgan fingerprint density at radius 3 is 2.26 bits per heavy atom. The van der Waals surface area contributed by atoms with Crippen LogP contribution in [0.15, 0.2) is 77.6 Å². The van der Waals surface area contributed by atoms with Crippen LogP contribution in [0, 0.1) is 18.3 Å². The van der Waals surface area contributed by atoms with E-state index in [9.17, 15) is 10.1 Å². The van der Waals surface area contributed by atoms with Gasteiger partial charge in [-0.3, -0.25) is 9.36 Å². The molecule has 1 heterocycles. The van der Waals surface area contributed by atoms with Gasteiger partial charge in [-0.15, -0.1) is 0 Å². The van der Waals surface area contributed by atoms with Crippen LogP contribution in [-0.4, -0.2) is 9.55 Å². The third kappa shape index (κ3) is 4.56. The van der Waals surface area contributed by atoms with Crippen molar-refractivity contribution in [2.24, 2.45) is 0 Å². The Kier molecular flexibility index (Phi) is 6.75. The average molecular weight is 448 g/mol. The molecule has 4 aromatic rings. The number of rotatable bonds is 6. The van der Waals surface area contributed by atoms with E-state index < -0.39 is 0 Å². The molecule has 34 heavy (non-hydrogen) atoms. The number of nitriles is 1. The van der Waals surface area contributed by atoms with Gasteiger partial charge in [0.2, 0.25) is 0 Å². The summed E-state index contributed by atoms with van der Waals surface area (Å²) in [4.78, 5) is 18.4. The van der Waals surface area contributed by atoms with Crippen molar-refractivity contribution in [1.82, 2.24) is 9.55 Å². The van der Waals surface area contributed by atoms with Crippen molar-refractivity contribution < 1.29 is 0 Å². The first-order chi connectivity index (χ1) is 16.4. The third-order valence-corrected chi connectivity index (χ3v) is 6.28. The maximum Gasteiger partial charge on any atom is 0.261 e. The molecule has 4 rings (SSSR count). The maximum absolute atomic E-state index is 13.7. The highest BCUT2D eigenvalue weighted by Gasteiger charge is 2.16. The van der Waals surface area contributed by atoms with E-state index in [2.05, 4.69) is 32.0 Å².